The SMILES string of the molecule is O=C(CO)N1CCOc2ccc(F)cc2C2CCCN2c2ccn3ncc(c3n2)C1. The maximum atomic E-state index is 14.1. The summed E-state index contributed by atoms with van der Waals surface area (Å²) in [4.78, 5) is 20.8. The van der Waals surface area contributed by atoms with Crippen LogP contribution in [0, 0.1) is 5.82 Å². The molecule has 1 unspecified atom stereocenters. The number of aromatic nitrogens is 3. The van der Waals surface area contributed by atoms with E-state index in [2.05, 4.69) is 10.00 Å². The molecule has 2 aliphatic heterocycles. The normalized spacial score (nSPS) is 18.9. The molecule has 1 N–H and O–H groups in total. The largest absolute Gasteiger partial charge is 0.491 e. The van der Waals surface area contributed by atoms with Crippen LogP contribution in [0.1, 0.15) is 30.0 Å². The van der Waals surface area contributed by atoms with Crippen LogP contribution in [0.2, 0.25) is 0 Å². The Morgan fingerprint density at radius 2 is 2.20 bits per heavy atom. The maximum absolute atomic E-state index is 14.1. The Kier molecular flexibility index (Phi) is 4.74. The molecule has 0 aliphatic carbocycles. The number of aliphatic hydroxyl groups is 1. The molecule has 9 heteroatoms. The monoisotopic (exact) mass is 411 g/mol. The molecule has 4 heterocycles. The highest BCUT2D eigenvalue weighted by molar-refractivity contribution is 5.77. The van der Waals surface area contributed by atoms with Gasteiger partial charge >= 0.3 is 0 Å². The van der Waals surface area contributed by atoms with Gasteiger partial charge in [-0.25, -0.2) is 13.9 Å². The molecule has 2 aliphatic rings. The van der Waals surface area contributed by atoms with Crippen LogP contribution in [0.25, 0.3) is 5.65 Å². The molecule has 1 atom stereocenters. The highest BCUT2D eigenvalue weighted by Crippen LogP contribution is 2.40. The number of ether oxygens (including phenoxy) is 1. The Bertz CT molecular complexity index is 1100. The zero-order valence-corrected chi connectivity index (χ0v) is 16.4. The third-order valence-electron chi connectivity index (χ3n) is 5.77. The minimum Gasteiger partial charge on any atom is -0.491 e. The van der Waals surface area contributed by atoms with E-state index in [0.717, 1.165) is 36.3 Å². The van der Waals surface area contributed by atoms with E-state index in [4.69, 9.17) is 9.72 Å². The molecule has 0 radical (unpaired) electrons. The van der Waals surface area contributed by atoms with E-state index in [1.807, 2.05) is 12.3 Å². The maximum Gasteiger partial charge on any atom is 0.248 e. The standard InChI is InChI=1S/C21H22FN5O3/c22-15-3-4-18-16(10-15)17-2-1-6-26(17)19-5-7-27-21(24-19)14(11-23-27)12-25(8-9-30-18)20(29)13-28/h3-5,7,10-11,17,28H,1-2,6,8-9,12-13H2. The van der Waals surface area contributed by atoms with Crippen molar-refractivity contribution < 1.29 is 19.0 Å². The van der Waals surface area contributed by atoms with Crippen LogP contribution < -0.4 is 9.64 Å². The summed E-state index contributed by atoms with van der Waals surface area (Å²) < 4.78 is 21.8. The molecule has 30 heavy (non-hydrogen) atoms. The minimum absolute atomic E-state index is 0.0482. The van der Waals surface area contributed by atoms with Gasteiger partial charge < -0.3 is 19.6 Å². The molecule has 5 rings (SSSR count). The van der Waals surface area contributed by atoms with Gasteiger partial charge in [0.05, 0.1) is 25.3 Å². The molecular weight excluding hydrogens is 389 g/mol. The Balaban J connectivity index is 1.64. The van der Waals surface area contributed by atoms with Crippen molar-refractivity contribution in [3.63, 3.8) is 0 Å². The molecule has 1 aromatic carbocycles. The summed E-state index contributed by atoms with van der Waals surface area (Å²) in [5.74, 6) is 0.672. The summed E-state index contributed by atoms with van der Waals surface area (Å²) >= 11 is 0. The summed E-state index contributed by atoms with van der Waals surface area (Å²) in [6.45, 7) is 0.995. The lowest BCUT2D eigenvalue weighted by molar-refractivity contribution is -0.135. The first-order chi connectivity index (χ1) is 14.6. The van der Waals surface area contributed by atoms with Crippen LogP contribution in [0.4, 0.5) is 10.2 Å². The molecular formula is C21H22FN5O3. The van der Waals surface area contributed by atoms with Gasteiger partial charge in [0.1, 0.15) is 30.6 Å². The second kappa shape index (κ2) is 7.56. The molecule has 2 aromatic heterocycles. The lowest BCUT2D eigenvalue weighted by Gasteiger charge is -2.27. The van der Waals surface area contributed by atoms with Gasteiger partial charge in [-0.15, -0.1) is 0 Å². The average molecular weight is 411 g/mol. The molecule has 1 fully saturated rings. The number of halogens is 1. The number of fused-ring (bicyclic) bond motifs is 5. The van der Waals surface area contributed by atoms with Crippen molar-refractivity contribution in [1.29, 1.82) is 0 Å². The predicted molar refractivity (Wildman–Crippen MR) is 107 cm³/mol. The molecule has 1 amide bonds. The van der Waals surface area contributed by atoms with Crippen molar-refractivity contribution in [3.8, 4) is 5.75 Å². The van der Waals surface area contributed by atoms with Crippen LogP contribution in [0.5, 0.6) is 5.75 Å². The zero-order chi connectivity index (χ0) is 20.7. The second-order valence-corrected chi connectivity index (χ2v) is 7.58. The Morgan fingerprint density at radius 1 is 1.30 bits per heavy atom. The van der Waals surface area contributed by atoms with Crippen LogP contribution in [-0.4, -0.2) is 56.8 Å². The van der Waals surface area contributed by atoms with E-state index in [1.54, 1.807) is 16.8 Å². The number of hydrogen-bond acceptors (Lipinski definition) is 6. The lowest BCUT2D eigenvalue weighted by atomic mass is 10.0. The van der Waals surface area contributed by atoms with Crippen molar-refractivity contribution in [2.75, 3.05) is 31.2 Å². The van der Waals surface area contributed by atoms with E-state index in [0.29, 0.717) is 11.4 Å². The number of benzene rings is 1. The summed E-state index contributed by atoms with van der Waals surface area (Å²) in [5, 5.41) is 13.7. The number of nitrogens with zero attached hydrogens (tertiary/aromatic N) is 5. The molecule has 0 saturated carbocycles. The number of amides is 1. The first-order valence-corrected chi connectivity index (χ1v) is 10.0. The fourth-order valence-corrected chi connectivity index (χ4v) is 4.32. The number of aliphatic hydroxyl groups excluding tert-OH is 1. The van der Waals surface area contributed by atoms with Gasteiger partial charge in [0.25, 0.3) is 0 Å². The molecule has 2 bridgehead atoms. The fourth-order valence-electron chi connectivity index (χ4n) is 4.32. The summed E-state index contributed by atoms with van der Waals surface area (Å²) in [7, 11) is 0. The van der Waals surface area contributed by atoms with Gasteiger partial charge in [-0.3, -0.25) is 4.79 Å². The van der Waals surface area contributed by atoms with E-state index in [-0.39, 0.29) is 31.6 Å². The Labute approximate surface area is 172 Å². The third kappa shape index (κ3) is 3.24. The van der Waals surface area contributed by atoms with Crippen LogP contribution in [0.3, 0.4) is 0 Å². The Hall–Kier alpha value is -3.20. The van der Waals surface area contributed by atoms with Gasteiger partial charge in [-0.1, -0.05) is 0 Å². The topological polar surface area (TPSA) is 83.2 Å². The van der Waals surface area contributed by atoms with Crippen LogP contribution in [-0.2, 0) is 11.3 Å². The number of carbonyl (C=O) groups excluding carboxylic acids is 1. The second-order valence-electron chi connectivity index (χ2n) is 7.58. The lowest BCUT2D eigenvalue weighted by Crippen LogP contribution is -2.36. The fraction of sp³-hybridized carbons (Fsp3) is 0.381. The molecule has 3 aromatic rings. The number of hydrogen-bond donors (Lipinski definition) is 1. The van der Waals surface area contributed by atoms with E-state index in [1.165, 1.54) is 17.0 Å². The van der Waals surface area contributed by atoms with Gasteiger partial charge in [0.15, 0.2) is 5.65 Å². The van der Waals surface area contributed by atoms with Gasteiger partial charge in [-0.2, -0.15) is 5.10 Å². The first kappa shape index (κ1) is 18.8. The Morgan fingerprint density at radius 3 is 3.07 bits per heavy atom. The summed E-state index contributed by atoms with van der Waals surface area (Å²) in [6, 6.07) is 6.41. The van der Waals surface area contributed by atoms with Crippen molar-refractivity contribution >= 4 is 17.4 Å². The predicted octanol–water partition coefficient (Wildman–Crippen LogP) is 1.92. The molecule has 8 nitrogen and oxygen atoms in total. The number of carbonyl (C=O) groups is 1. The highest BCUT2D eigenvalue weighted by Gasteiger charge is 2.31. The quantitative estimate of drug-likeness (QED) is 0.659. The smallest absolute Gasteiger partial charge is 0.248 e. The van der Waals surface area contributed by atoms with Crippen molar-refractivity contribution in [1.82, 2.24) is 19.5 Å². The summed E-state index contributed by atoms with van der Waals surface area (Å²) in [6.07, 6.45) is 5.37. The van der Waals surface area contributed by atoms with Crippen LogP contribution >= 0.6 is 0 Å². The average Bonchev–Trinajstić information content (AvgIpc) is 3.39. The van der Waals surface area contributed by atoms with E-state index in [9.17, 15) is 14.3 Å². The van der Waals surface area contributed by atoms with E-state index >= 15 is 0 Å². The number of rotatable bonds is 1. The zero-order valence-electron chi connectivity index (χ0n) is 16.4. The van der Waals surface area contributed by atoms with Crippen LogP contribution in [0.15, 0.2) is 36.7 Å². The molecule has 156 valence electrons. The van der Waals surface area contributed by atoms with Crippen molar-refractivity contribution in [2.45, 2.75) is 25.4 Å². The minimum atomic E-state index is -0.588. The molecule has 0 spiro atoms. The highest BCUT2D eigenvalue weighted by atomic mass is 19.1. The third-order valence-corrected chi connectivity index (χ3v) is 5.77. The van der Waals surface area contributed by atoms with Gasteiger partial charge in [-0.05, 0) is 37.1 Å². The van der Waals surface area contributed by atoms with Gasteiger partial charge in [0.2, 0.25) is 5.91 Å². The van der Waals surface area contributed by atoms with Crippen molar-refractivity contribution in [3.05, 3.63) is 53.6 Å². The summed E-state index contributed by atoms with van der Waals surface area (Å²) in [5.41, 5.74) is 2.23. The van der Waals surface area contributed by atoms with Gasteiger partial charge in [0, 0.05) is 23.9 Å². The van der Waals surface area contributed by atoms with E-state index < -0.39 is 12.5 Å². The first-order valence-electron chi connectivity index (χ1n) is 10.0. The van der Waals surface area contributed by atoms with Crippen molar-refractivity contribution in [2.24, 2.45) is 0 Å². The molecule has 1 saturated heterocycles. The number of anilines is 1.